The molecule has 1 aliphatic heterocycles. The maximum Gasteiger partial charge on any atom is 0.258 e. The summed E-state index contributed by atoms with van der Waals surface area (Å²) in [7, 11) is 2.15. The van der Waals surface area contributed by atoms with Crippen molar-refractivity contribution in [2.75, 3.05) is 48.8 Å². The quantitative estimate of drug-likeness (QED) is 0.555. The number of carbonyl (C=O) groups excluding carboxylic acids is 2. The second-order valence-electron chi connectivity index (χ2n) is 7.98. The van der Waals surface area contributed by atoms with Crippen LogP contribution >= 0.6 is 23.9 Å². The van der Waals surface area contributed by atoms with Gasteiger partial charge in [-0.05, 0) is 80.9 Å². The SMILES string of the molecule is Cc1cc(NC(=O)c2ccccc2NC(=O)c2ccc(N3CCCN(C)CC3)cc2)sn1.Cl. The van der Waals surface area contributed by atoms with Crippen LogP contribution in [0.1, 0.15) is 32.8 Å². The highest BCUT2D eigenvalue weighted by molar-refractivity contribution is 7.10. The number of aromatic nitrogens is 1. The summed E-state index contributed by atoms with van der Waals surface area (Å²) in [5.41, 5.74) is 3.39. The van der Waals surface area contributed by atoms with Gasteiger partial charge in [0, 0.05) is 30.9 Å². The average molecular weight is 486 g/mol. The fraction of sp³-hybridized carbons (Fsp3) is 0.292. The molecule has 0 radical (unpaired) electrons. The highest BCUT2D eigenvalue weighted by Crippen LogP contribution is 2.22. The monoisotopic (exact) mass is 485 g/mol. The summed E-state index contributed by atoms with van der Waals surface area (Å²) in [6.45, 7) is 5.99. The smallest absolute Gasteiger partial charge is 0.258 e. The van der Waals surface area contributed by atoms with Crippen LogP contribution in [0.5, 0.6) is 0 Å². The lowest BCUT2D eigenvalue weighted by atomic mass is 10.1. The normalized spacial score (nSPS) is 14.2. The van der Waals surface area contributed by atoms with Crippen LogP contribution in [0.3, 0.4) is 0 Å². The minimum Gasteiger partial charge on any atom is -0.370 e. The molecule has 4 rings (SSSR count). The molecule has 2 aromatic carbocycles. The number of nitrogens with zero attached hydrogens (tertiary/aromatic N) is 3. The summed E-state index contributed by atoms with van der Waals surface area (Å²) in [5.74, 6) is -0.535. The number of carbonyl (C=O) groups is 2. The van der Waals surface area contributed by atoms with Gasteiger partial charge in [0.15, 0.2) is 0 Å². The predicted octanol–water partition coefficient (Wildman–Crippen LogP) is 4.52. The van der Waals surface area contributed by atoms with Gasteiger partial charge in [-0.1, -0.05) is 12.1 Å². The highest BCUT2D eigenvalue weighted by Gasteiger charge is 2.16. The summed E-state index contributed by atoms with van der Waals surface area (Å²) in [6, 6.07) is 16.5. The molecule has 7 nitrogen and oxygen atoms in total. The molecule has 0 unspecified atom stereocenters. The molecule has 3 aromatic rings. The van der Waals surface area contributed by atoms with Crippen molar-refractivity contribution < 1.29 is 9.59 Å². The number of para-hydroxylation sites is 1. The Kier molecular flexibility index (Phi) is 8.43. The molecular formula is C24H28ClN5O2S. The maximum absolute atomic E-state index is 12.9. The van der Waals surface area contributed by atoms with Crippen molar-refractivity contribution in [1.82, 2.24) is 9.27 Å². The van der Waals surface area contributed by atoms with Gasteiger partial charge < -0.3 is 20.4 Å². The van der Waals surface area contributed by atoms with Crippen molar-refractivity contribution in [2.45, 2.75) is 13.3 Å². The number of hydrogen-bond donors (Lipinski definition) is 2. The van der Waals surface area contributed by atoms with Gasteiger partial charge in [-0.25, -0.2) is 0 Å². The Morgan fingerprint density at radius 3 is 2.42 bits per heavy atom. The zero-order valence-electron chi connectivity index (χ0n) is 18.7. The van der Waals surface area contributed by atoms with E-state index >= 15 is 0 Å². The molecule has 1 aromatic heterocycles. The third kappa shape index (κ3) is 6.31. The lowest BCUT2D eigenvalue weighted by Gasteiger charge is -2.23. The molecule has 1 fully saturated rings. The van der Waals surface area contributed by atoms with Gasteiger partial charge >= 0.3 is 0 Å². The number of aryl methyl sites for hydroxylation is 1. The number of anilines is 3. The van der Waals surface area contributed by atoms with Crippen molar-refractivity contribution in [1.29, 1.82) is 0 Å². The van der Waals surface area contributed by atoms with Gasteiger partial charge in [-0.3, -0.25) is 9.59 Å². The first-order valence-corrected chi connectivity index (χ1v) is 11.5. The van der Waals surface area contributed by atoms with Gasteiger partial charge in [0.1, 0.15) is 5.00 Å². The summed E-state index contributed by atoms with van der Waals surface area (Å²) >= 11 is 1.23. The summed E-state index contributed by atoms with van der Waals surface area (Å²) in [5, 5.41) is 6.39. The number of amides is 2. The first-order chi connectivity index (χ1) is 15.5. The number of nitrogens with one attached hydrogen (secondary N) is 2. The number of rotatable bonds is 5. The fourth-order valence-electron chi connectivity index (χ4n) is 3.71. The van der Waals surface area contributed by atoms with E-state index in [2.05, 4.69) is 31.9 Å². The minimum absolute atomic E-state index is 0. The van der Waals surface area contributed by atoms with Gasteiger partial charge in [0.25, 0.3) is 11.8 Å². The van der Waals surface area contributed by atoms with Crippen LogP contribution in [0.2, 0.25) is 0 Å². The third-order valence-electron chi connectivity index (χ3n) is 5.50. The van der Waals surface area contributed by atoms with Crippen LogP contribution in [0.25, 0.3) is 0 Å². The number of halogens is 1. The molecule has 1 saturated heterocycles. The summed E-state index contributed by atoms with van der Waals surface area (Å²) in [4.78, 5) is 30.3. The molecule has 174 valence electrons. The molecule has 0 bridgehead atoms. The molecule has 0 atom stereocenters. The zero-order chi connectivity index (χ0) is 22.5. The lowest BCUT2D eigenvalue weighted by molar-refractivity contribution is 0.102. The second kappa shape index (κ2) is 11.3. The van der Waals surface area contributed by atoms with E-state index in [1.54, 1.807) is 24.3 Å². The van der Waals surface area contributed by atoms with Gasteiger partial charge in [0.05, 0.1) is 16.9 Å². The van der Waals surface area contributed by atoms with Crippen molar-refractivity contribution >= 4 is 52.1 Å². The van der Waals surface area contributed by atoms with Gasteiger partial charge in [-0.2, -0.15) is 4.37 Å². The van der Waals surface area contributed by atoms with E-state index in [0.717, 1.165) is 44.0 Å². The Balaban J connectivity index is 0.00000306. The molecular weight excluding hydrogens is 458 g/mol. The topological polar surface area (TPSA) is 77.6 Å². The molecule has 0 saturated carbocycles. The summed E-state index contributed by atoms with van der Waals surface area (Å²) < 4.78 is 4.17. The van der Waals surface area contributed by atoms with E-state index < -0.39 is 0 Å². The van der Waals surface area contributed by atoms with Crippen molar-refractivity contribution in [3.05, 3.63) is 71.4 Å². The molecule has 0 spiro atoms. The molecule has 9 heteroatoms. The average Bonchev–Trinajstić information content (AvgIpc) is 3.07. The van der Waals surface area contributed by atoms with E-state index in [0.29, 0.717) is 21.8 Å². The van der Waals surface area contributed by atoms with E-state index in [1.807, 2.05) is 37.3 Å². The molecule has 33 heavy (non-hydrogen) atoms. The standard InChI is InChI=1S/C24H27N5O2S.ClH/c1-17-16-22(32-27-17)26-24(31)20-6-3-4-7-21(20)25-23(30)18-8-10-19(11-9-18)29-13-5-12-28(2)14-15-29;/h3-4,6-11,16H,5,12-15H2,1-2H3,(H,25,30)(H,26,31);1H. The van der Waals surface area contributed by atoms with Crippen LogP contribution in [0.4, 0.5) is 16.4 Å². The largest absolute Gasteiger partial charge is 0.370 e. The third-order valence-corrected chi connectivity index (χ3v) is 6.29. The number of likely N-dealkylation sites (N-methyl/N-ethyl adjacent to an activating group) is 1. The van der Waals surface area contributed by atoms with Crippen molar-refractivity contribution in [3.63, 3.8) is 0 Å². The number of benzene rings is 2. The Bertz CT molecular complexity index is 1100. The molecule has 1 aliphatic rings. The first-order valence-electron chi connectivity index (χ1n) is 10.7. The fourth-order valence-corrected chi connectivity index (χ4v) is 4.37. The van der Waals surface area contributed by atoms with Gasteiger partial charge in [-0.15, -0.1) is 12.4 Å². The van der Waals surface area contributed by atoms with E-state index in [1.165, 1.54) is 11.5 Å². The predicted molar refractivity (Wildman–Crippen MR) is 137 cm³/mol. The van der Waals surface area contributed by atoms with E-state index in [9.17, 15) is 9.59 Å². The number of hydrogen-bond acceptors (Lipinski definition) is 6. The Morgan fingerprint density at radius 2 is 1.70 bits per heavy atom. The molecule has 2 N–H and O–H groups in total. The Morgan fingerprint density at radius 1 is 0.939 bits per heavy atom. The summed E-state index contributed by atoms with van der Waals surface area (Å²) in [6.07, 6.45) is 1.12. The van der Waals surface area contributed by atoms with E-state index in [-0.39, 0.29) is 24.2 Å². The highest BCUT2D eigenvalue weighted by atomic mass is 35.5. The minimum atomic E-state index is -0.286. The van der Waals surface area contributed by atoms with Crippen LogP contribution in [-0.2, 0) is 0 Å². The van der Waals surface area contributed by atoms with E-state index in [4.69, 9.17) is 0 Å². The van der Waals surface area contributed by atoms with Crippen LogP contribution < -0.4 is 15.5 Å². The van der Waals surface area contributed by atoms with Crippen molar-refractivity contribution in [2.24, 2.45) is 0 Å². The second-order valence-corrected chi connectivity index (χ2v) is 8.78. The maximum atomic E-state index is 12.9. The zero-order valence-corrected chi connectivity index (χ0v) is 20.3. The lowest BCUT2D eigenvalue weighted by Crippen LogP contribution is -2.28. The van der Waals surface area contributed by atoms with Crippen LogP contribution in [-0.4, -0.2) is 54.3 Å². The Labute approximate surface area is 204 Å². The van der Waals surface area contributed by atoms with Crippen molar-refractivity contribution in [3.8, 4) is 0 Å². The Hall–Kier alpha value is -2.94. The molecule has 0 aliphatic carbocycles. The molecule has 2 amide bonds. The molecule has 2 heterocycles. The van der Waals surface area contributed by atoms with Crippen LogP contribution in [0, 0.1) is 6.92 Å². The van der Waals surface area contributed by atoms with Gasteiger partial charge in [0.2, 0.25) is 0 Å². The first kappa shape index (κ1) is 24.7. The van der Waals surface area contributed by atoms with Crippen LogP contribution in [0.15, 0.2) is 54.6 Å².